The Labute approximate surface area is 156 Å². The predicted octanol–water partition coefficient (Wildman–Crippen LogP) is 4.78. The molecule has 1 saturated heterocycles. The number of nitriles is 1. The molecule has 1 fully saturated rings. The molecule has 1 aliphatic rings. The summed E-state index contributed by atoms with van der Waals surface area (Å²) >= 11 is 0. The number of allylic oxidation sites excluding steroid dienone is 5. The van der Waals surface area contributed by atoms with Crippen LogP contribution in [0.15, 0.2) is 78.4 Å². The third-order valence-corrected chi connectivity index (χ3v) is 4.71. The van der Waals surface area contributed by atoms with Crippen LogP contribution >= 0.6 is 0 Å². The summed E-state index contributed by atoms with van der Waals surface area (Å²) in [5, 5.41) is 9.47. The first-order valence-corrected chi connectivity index (χ1v) is 9.01. The van der Waals surface area contributed by atoms with E-state index in [0.29, 0.717) is 13.1 Å². The molecule has 0 aromatic heterocycles. The number of nitrogens with zero attached hydrogens (tertiary/aromatic N) is 2. The minimum Gasteiger partial charge on any atom is -0.337 e. The van der Waals surface area contributed by atoms with Crippen LogP contribution in [-0.4, -0.2) is 23.9 Å². The molecule has 1 aromatic rings. The summed E-state index contributed by atoms with van der Waals surface area (Å²) in [5.41, 5.74) is 2.34. The molecule has 26 heavy (non-hydrogen) atoms. The van der Waals surface area contributed by atoms with Gasteiger partial charge >= 0.3 is 0 Å². The smallest absolute Gasteiger partial charge is 0.264 e. The van der Waals surface area contributed by atoms with Gasteiger partial charge in [0.05, 0.1) is 0 Å². The van der Waals surface area contributed by atoms with E-state index in [4.69, 9.17) is 0 Å². The minimum absolute atomic E-state index is 0.0203. The molecule has 1 amide bonds. The Bertz CT molecular complexity index is 765. The van der Waals surface area contributed by atoms with Gasteiger partial charge in [-0.15, -0.1) is 0 Å². The maximum Gasteiger partial charge on any atom is 0.264 e. The molecule has 0 N–H and O–H groups in total. The maximum absolute atomic E-state index is 12.7. The van der Waals surface area contributed by atoms with Crippen molar-refractivity contribution >= 4 is 5.91 Å². The van der Waals surface area contributed by atoms with Gasteiger partial charge in [0.25, 0.3) is 5.91 Å². The van der Waals surface area contributed by atoms with Crippen LogP contribution in [0.3, 0.4) is 0 Å². The minimum atomic E-state index is -0.178. The number of likely N-dealkylation sites (tertiary alicyclic amines) is 1. The van der Waals surface area contributed by atoms with Gasteiger partial charge in [-0.1, -0.05) is 79.8 Å². The van der Waals surface area contributed by atoms with Gasteiger partial charge in [-0.3, -0.25) is 4.79 Å². The lowest BCUT2D eigenvalue weighted by atomic mass is 9.98. The molecule has 0 unspecified atom stereocenters. The molecule has 0 aliphatic carbocycles. The van der Waals surface area contributed by atoms with Gasteiger partial charge in [0.1, 0.15) is 11.6 Å². The quantitative estimate of drug-likeness (QED) is 0.423. The largest absolute Gasteiger partial charge is 0.337 e. The van der Waals surface area contributed by atoms with Crippen molar-refractivity contribution < 1.29 is 4.79 Å². The number of carbonyl (C=O) groups is 1. The zero-order valence-corrected chi connectivity index (χ0v) is 15.6. The van der Waals surface area contributed by atoms with Crippen LogP contribution < -0.4 is 0 Å². The average Bonchev–Trinajstić information content (AvgIpc) is 3.16. The summed E-state index contributed by atoms with van der Waals surface area (Å²) in [5.74, 6) is 0.0990. The lowest BCUT2D eigenvalue weighted by Gasteiger charge is -2.17. The second-order valence-electron chi connectivity index (χ2n) is 6.59. The van der Waals surface area contributed by atoms with Gasteiger partial charge in [-0.25, -0.2) is 0 Å². The van der Waals surface area contributed by atoms with Gasteiger partial charge in [-0.05, 0) is 18.9 Å². The molecular formula is C23H26N2O. The first-order valence-electron chi connectivity index (χ1n) is 9.01. The molecule has 1 heterocycles. The normalized spacial score (nSPS) is 19.0. The molecule has 0 bridgehead atoms. The highest BCUT2D eigenvalue weighted by Crippen LogP contribution is 2.26. The molecule has 0 spiro atoms. The van der Waals surface area contributed by atoms with Crippen LogP contribution in [0.4, 0.5) is 0 Å². The average molecular weight is 346 g/mol. The van der Waals surface area contributed by atoms with E-state index in [1.807, 2.05) is 68.5 Å². The van der Waals surface area contributed by atoms with E-state index >= 15 is 0 Å². The van der Waals surface area contributed by atoms with Gasteiger partial charge in [0.2, 0.25) is 0 Å². The van der Waals surface area contributed by atoms with Crippen molar-refractivity contribution in [2.24, 2.45) is 5.92 Å². The number of amides is 1. The summed E-state index contributed by atoms with van der Waals surface area (Å²) in [6.07, 6.45) is 10.5. The van der Waals surface area contributed by atoms with Crippen molar-refractivity contribution in [3.05, 3.63) is 84.0 Å². The fraction of sp³-hybridized carbons (Fsp3) is 0.304. The topological polar surface area (TPSA) is 44.1 Å². The first kappa shape index (κ1) is 19.5. The highest BCUT2D eigenvalue weighted by atomic mass is 16.2. The molecule has 134 valence electrons. The van der Waals surface area contributed by atoms with Crippen molar-refractivity contribution in [2.45, 2.75) is 26.2 Å². The predicted molar refractivity (Wildman–Crippen MR) is 106 cm³/mol. The van der Waals surface area contributed by atoms with E-state index in [-0.39, 0.29) is 23.3 Å². The van der Waals surface area contributed by atoms with Gasteiger partial charge < -0.3 is 4.90 Å². The van der Waals surface area contributed by atoms with Gasteiger partial charge in [0, 0.05) is 24.9 Å². The van der Waals surface area contributed by atoms with E-state index in [0.717, 1.165) is 17.6 Å². The molecule has 1 aromatic carbocycles. The Morgan fingerprint density at radius 2 is 2.08 bits per heavy atom. The second-order valence-corrected chi connectivity index (χ2v) is 6.59. The monoisotopic (exact) mass is 346 g/mol. The first-order chi connectivity index (χ1) is 12.6. The van der Waals surface area contributed by atoms with Crippen molar-refractivity contribution in [1.29, 1.82) is 5.26 Å². The highest BCUT2D eigenvalue weighted by Gasteiger charge is 2.29. The molecule has 3 nitrogen and oxygen atoms in total. The molecule has 2 rings (SSSR count). The van der Waals surface area contributed by atoms with E-state index in [9.17, 15) is 10.1 Å². The Hall–Kier alpha value is -2.86. The fourth-order valence-electron chi connectivity index (χ4n) is 3.10. The zero-order chi connectivity index (χ0) is 18.9. The number of hydrogen-bond donors (Lipinski definition) is 0. The molecule has 3 heteroatoms. The summed E-state index contributed by atoms with van der Waals surface area (Å²) in [4.78, 5) is 14.5. The molecule has 0 radical (unpaired) electrons. The van der Waals surface area contributed by atoms with E-state index in [1.165, 1.54) is 0 Å². The highest BCUT2D eigenvalue weighted by molar-refractivity contribution is 5.97. The van der Waals surface area contributed by atoms with Crippen LogP contribution in [-0.2, 0) is 4.79 Å². The maximum atomic E-state index is 12.7. The molecule has 0 saturated carbocycles. The number of rotatable bonds is 6. The zero-order valence-electron chi connectivity index (χ0n) is 15.6. The standard InChI is InChI=1S/C23H26N2O/c1-4-5-7-10-18(2)21-13-14-25(17-21)23(26)22(16-24)15-19(3)20-11-8-6-9-12-20/h4-12,15,19,21H,2,13-14,17H2,1,3H3/b5-4-,10-7-,22-15+/t19-,21-/m0/s1. The van der Waals surface area contributed by atoms with Crippen molar-refractivity contribution in [3.8, 4) is 6.07 Å². The molecular weight excluding hydrogens is 320 g/mol. The second kappa shape index (κ2) is 9.58. The lowest BCUT2D eigenvalue weighted by molar-refractivity contribution is -0.125. The summed E-state index contributed by atoms with van der Waals surface area (Å²) in [6, 6.07) is 12.0. The Morgan fingerprint density at radius 3 is 2.73 bits per heavy atom. The fourth-order valence-corrected chi connectivity index (χ4v) is 3.10. The Balaban J connectivity index is 2.04. The van der Waals surface area contributed by atoms with Crippen molar-refractivity contribution in [3.63, 3.8) is 0 Å². The summed E-state index contributed by atoms with van der Waals surface area (Å²) < 4.78 is 0. The van der Waals surface area contributed by atoms with E-state index in [2.05, 4.69) is 12.6 Å². The molecule has 2 atom stereocenters. The molecule has 1 aliphatic heterocycles. The number of carbonyl (C=O) groups excluding carboxylic acids is 1. The summed E-state index contributed by atoms with van der Waals surface area (Å²) in [7, 11) is 0. The van der Waals surface area contributed by atoms with E-state index < -0.39 is 0 Å². The SMILES string of the molecule is C=C(/C=C\C=C/C)[C@H]1CCN(C(=O)/C(C#N)=C/[C@H](C)c2ccccc2)C1. The Kier molecular flexibility index (Phi) is 7.17. The van der Waals surface area contributed by atoms with Gasteiger partial charge in [-0.2, -0.15) is 5.26 Å². The van der Waals surface area contributed by atoms with Crippen molar-refractivity contribution in [1.82, 2.24) is 4.90 Å². The van der Waals surface area contributed by atoms with Crippen LogP contribution in [0.25, 0.3) is 0 Å². The third kappa shape index (κ3) is 5.07. The van der Waals surface area contributed by atoms with Crippen LogP contribution in [0.1, 0.15) is 31.7 Å². The van der Waals surface area contributed by atoms with Crippen LogP contribution in [0.2, 0.25) is 0 Å². The third-order valence-electron chi connectivity index (χ3n) is 4.71. The van der Waals surface area contributed by atoms with Crippen LogP contribution in [0.5, 0.6) is 0 Å². The van der Waals surface area contributed by atoms with E-state index in [1.54, 1.807) is 11.0 Å². The van der Waals surface area contributed by atoms with Gasteiger partial charge in [0.15, 0.2) is 0 Å². The number of hydrogen-bond acceptors (Lipinski definition) is 2. The van der Waals surface area contributed by atoms with Crippen LogP contribution in [0, 0.1) is 17.2 Å². The van der Waals surface area contributed by atoms with Crippen molar-refractivity contribution in [2.75, 3.05) is 13.1 Å². The Morgan fingerprint density at radius 1 is 1.35 bits per heavy atom. The number of benzene rings is 1. The summed E-state index contributed by atoms with van der Waals surface area (Å²) in [6.45, 7) is 9.37. The lowest BCUT2D eigenvalue weighted by Crippen LogP contribution is -2.30.